The zero-order valence-corrected chi connectivity index (χ0v) is 15.6. The van der Waals surface area contributed by atoms with Crippen molar-refractivity contribution < 1.29 is 17.9 Å². The maximum Gasteiger partial charge on any atom is 0.248 e. The fourth-order valence-electron chi connectivity index (χ4n) is 2.70. The first kappa shape index (κ1) is 19.2. The highest BCUT2D eigenvalue weighted by Gasteiger charge is 2.36. The maximum absolute atomic E-state index is 12.2. The lowest BCUT2D eigenvalue weighted by Gasteiger charge is -2.24. The van der Waals surface area contributed by atoms with Crippen LogP contribution in [-0.4, -0.2) is 62.4 Å². The normalized spacial score (nSPS) is 22.3. The predicted molar refractivity (Wildman–Crippen MR) is 96.7 cm³/mol. The fraction of sp³-hybridized carbons (Fsp3) is 0.562. The maximum atomic E-state index is 12.2. The van der Waals surface area contributed by atoms with E-state index in [1.165, 1.54) is 4.90 Å². The van der Waals surface area contributed by atoms with Crippen LogP contribution in [0.15, 0.2) is 30.3 Å². The Hall–Kier alpha value is -1.09. The Balaban J connectivity index is 1.92. The fourth-order valence-corrected chi connectivity index (χ4v) is 4.15. The van der Waals surface area contributed by atoms with Gasteiger partial charge in [0.15, 0.2) is 15.3 Å². The lowest BCUT2D eigenvalue weighted by Crippen LogP contribution is -2.44. The van der Waals surface area contributed by atoms with Gasteiger partial charge in [0.05, 0.1) is 0 Å². The first-order chi connectivity index (χ1) is 11.3. The summed E-state index contributed by atoms with van der Waals surface area (Å²) in [5.41, 5.74) is -0.0351. The van der Waals surface area contributed by atoms with E-state index in [0.29, 0.717) is 19.5 Å². The molecular formula is C16H24N2O4S2. The van der Waals surface area contributed by atoms with Crippen molar-refractivity contribution in [2.24, 2.45) is 0 Å². The van der Waals surface area contributed by atoms with Crippen molar-refractivity contribution in [3.63, 3.8) is 0 Å². The van der Waals surface area contributed by atoms with Crippen LogP contribution in [0.1, 0.15) is 12.0 Å². The van der Waals surface area contributed by atoms with Crippen molar-refractivity contribution in [1.29, 1.82) is 0 Å². The molecule has 6 nitrogen and oxygen atoms in total. The van der Waals surface area contributed by atoms with E-state index in [1.54, 1.807) is 7.05 Å². The Bertz CT molecular complexity index is 651. The molecule has 0 aromatic heterocycles. The van der Waals surface area contributed by atoms with E-state index < -0.39 is 15.3 Å². The molecular weight excluding hydrogens is 348 g/mol. The van der Waals surface area contributed by atoms with Crippen molar-refractivity contribution in [2.75, 3.05) is 26.5 Å². The van der Waals surface area contributed by atoms with Crippen LogP contribution in [0.3, 0.4) is 0 Å². The molecule has 1 aliphatic heterocycles. The van der Waals surface area contributed by atoms with Gasteiger partial charge in [-0.3, -0.25) is 4.79 Å². The molecule has 1 N–H and O–H groups in total. The Labute approximate surface area is 148 Å². The van der Waals surface area contributed by atoms with Gasteiger partial charge in [-0.2, -0.15) is 12.6 Å². The molecule has 0 saturated carbocycles. The van der Waals surface area contributed by atoms with Gasteiger partial charge in [0.1, 0.15) is 6.61 Å². The van der Waals surface area contributed by atoms with Gasteiger partial charge in [0, 0.05) is 37.7 Å². The Morgan fingerprint density at radius 1 is 1.42 bits per heavy atom. The number of carbonyl (C=O) groups excluding carboxylic acids is 1. The number of benzene rings is 1. The van der Waals surface area contributed by atoms with Gasteiger partial charge in [-0.25, -0.2) is 8.42 Å². The number of carbonyl (C=O) groups is 1. The van der Waals surface area contributed by atoms with Gasteiger partial charge in [0.25, 0.3) is 0 Å². The van der Waals surface area contributed by atoms with Crippen LogP contribution in [-0.2, 0) is 25.9 Å². The average molecular weight is 373 g/mol. The largest absolute Gasteiger partial charge is 0.351 e. The van der Waals surface area contributed by atoms with Gasteiger partial charge in [-0.15, -0.1) is 0 Å². The number of nitrogens with one attached hydrogen (secondary N) is 1. The molecule has 3 atom stereocenters. The number of ether oxygens (including phenoxy) is 1. The number of thiol groups is 1. The van der Waals surface area contributed by atoms with Crippen LogP contribution < -0.4 is 5.32 Å². The monoisotopic (exact) mass is 372 g/mol. The van der Waals surface area contributed by atoms with Crippen LogP contribution in [0, 0.1) is 0 Å². The zero-order valence-electron chi connectivity index (χ0n) is 13.9. The van der Waals surface area contributed by atoms with E-state index in [2.05, 4.69) is 17.9 Å². The number of sulfone groups is 1. The molecule has 1 aliphatic rings. The molecule has 1 saturated heterocycles. The van der Waals surface area contributed by atoms with Crippen molar-refractivity contribution in [3.8, 4) is 0 Å². The highest BCUT2D eigenvalue weighted by Crippen LogP contribution is 2.20. The molecule has 24 heavy (non-hydrogen) atoms. The predicted octanol–water partition coefficient (Wildman–Crippen LogP) is 0.693. The lowest BCUT2D eigenvalue weighted by molar-refractivity contribution is -0.136. The van der Waals surface area contributed by atoms with Crippen LogP contribution in [0.2, 0.25) is 0 Å². The number of hydrogen-bond acceptors (Lipinski definition) is 6. The van der Waals surface area contributed by atoms with Gasteiger partial charge in [-0.1, -0.05) is 30.3 Å². The average Bonchev–Trinajstić information content (AvgIpc) is 2.93. The molecule has 3 unspecified atom stereocenters. The third kappa shape index (κ3) is 5.47. The number of rotatable bonds is 7. The van der Waals surface area contributed by atoms with Gasteiger partial charge in [-0.05, 0) is 12.0 Å². The van der Waals surface area contributed by atoms with E-state index in [1.807, 2.05) is 30.3 Å². The summed E-state index contributed by atoms with van der Waals surface area (Å²) in [5.74, 6) is -0.257. The minimum atomic E-state index is -3.44. The molecule has 0 aliphatic carbocycles. The third-order valence-corrected chi connectivity index (χ3v) is 5.65. The van der Waals surface area contributed by atoms with Crippen molar-refractivity contribution in [3.05, 3.63) is 35.9 Å². The zero-order chi connectivity index (χ0) is 17.7. The number of amides is 1. The minimum Gasteiger partial charge on any atom is -0.351 e. The van der Waals surface area contributed by atoms with E-state index in [9.17, 15) is 13.2 Å². The molecule has 1 aromatic carbocycles. The van der Waals surface area contributed by atoms with Gasteiger partial charge >= 0.3 is 0 Å². The van der Waals surface area contributed by atoms with Crippen LogP contribution >= 0.6 is 12.6 Å². The Morgan fingerprint density at radius 2 is 2.08 bits per heavy atom. The van der Waals surface area contributed by atoms with Gasteiger partial charge < -0.3 is 15.0 Å². The van der Waals surface area contributed by atoms with Crippen molar-refractivity contribution in [2.45, 2.75) is 29.7 Å². The van der Waals surface area contributed by atoms with Crippen LogP contribution in [0.25, 0.3) is 0 Å². The second kappa shape index (κ2) is 8.33. The first-order valence-corrected chi connectivity index (χ1v) is 10.2. The molecule has 8 heteroatoms. The SMILES string of the molecule is CN(Cc1ccccc1)C(=O)COC(C1CC(S)CN1)S(C)(=O)=O. The van der Waals surface area contributed by atoms with Crippen LogP contribution in [0.5, 0.6) is 0 Å². The number of hydrogen-bond donors (Lipinski definition) is 2. The van der Waals surface area contributed by atoms with Gasteiger partial charge in [0.2, 0.25) is 5.91 Å². The molecule has 1 aromatic rings. The molecule has 0 radical (unpaired) electrons. The molecule has 2 rings (SSSR count). The summed E-state index contributed by atoms with van der Waals surface area (Å²) in [6.07, 6.45) is 1.72. The molecule has 134 valence electrons. The quantitative estimate of drug-likeness (QED) is 0.689. The summed E-state index contributed by atoms with van der Waals surface area (Å²) in [6.45, 7) is 0.814. The van der Waals surface area contributed by atoms with E-state index in [4.69, 9.17) is 4.74 Å². The summed E-state index contributed by atoms with van der Waals surface area (Å²) >= 11 is 4.35. The molecule has 1 heterocycles. The summed E-state index contributed by atoms with van der Waals surface area (Å²) in [6, 6.07) is 9.24. The second-order valence-electron chi connectivity index (χ2n) is 6.15. The lowest BCUT2D eigenvalue weighted by atomic mass is 10.2. The molecule has 1 fully saturated rings. The third-order valence-electron chi connectivity index (χ3n) is 3.95. The summed E-state index contributed by atoms with van der Waals surface area (Å²) in [7, 11) is -1.77. The molecule has 0 spiro atoms. The summed E-state index contributed by atoms with van der Waals surface area (Å²) in [5, 5.41) is 3.20. The number of likely N-dealkylation sites (N-methyl/N-ethyl adjacent to an activating group) is 1. The Morgan fingerprint density at radius 3 is 2.62 bits per heavy atom. The van der Waals surface area contributed by atoms with Crippen molar-refractivity contribution in [1.82, 2.24) is 10.2 Å². The van der Waals surface area contributed by atoms with E-state index in [-0.39, 0.29) is 23.8 Å². The molecule has 1 amide bonds. The van der Waals surface area contributed by atoms with E-state index >= 15 is 0 Å². The summed E-state index contributed by atoms with van der Waals surface area (Å²) < 4.78 is 29.5. The first-order valence-electron chi connectivity index (χ1n) is 7.77. The highest BCUT2D eigenvalue weighted by molar-refractivity contribution is 7.91. The highest BCUT2D eigenvalue weighted by atomic mass is 32.2. The smallest absolute Gasteiger partial charge is 0.248 e. The van der Waals surface area contributed by atoms with Crippen LogP contribution in [0.4, 0.5) is 0 Å². The van der Waals surface area contributed by atoms with Crippen molar-refractivity contribution >= 4 is 28.4 Å². The topological polar surface area (TPSA) is 75.7 Å². The second-order valence-corrected chi connectivity index (χ2v) is 9.00. The number of nitrogens with zero attached hydrogens (tertiary/aromatic N) is 1. The van der Waals surface area contributed by atoms with E-state index in [0.717, 1.165) is 11.8 Å². The summed E-state index contributed by atoms with van der Waals surface area (Å²) in [4.78, 5) is 13.8. The molecule has 0 bridgehead atoms. The standard InChI is InChI=1S/C16H24N2O4S2/c1-18(10-12-6-4-3-5-7-12)15(19)11-22-16(24(2,20)21)14-8-13(23)9-17-14/h3-7,13-14,16-17,23H,8-11H2,1-2H3. The minimum absolute atomic E-state index is 0.0966. The Kier molecular flexibility index (Phi) is 6.68.